The van der Waals surface area contributed by atoms with E-state index in [0.717, 1.165) is 31.4 Å². The summed E-state index contributed by atoms with van der Waals surface area (Å²) in [6, 6.07) is 1.54. The largest absolute Gasteiger partial charge is 0.480 e. The van der Waals surface area contributed by atoms with Crippen molar-refractivity contribution in [3.05, 3.63) is 16.8 Å². The Labute approximate surface area is 109 Å². The summed E-state index contributed by atoms with van der Waals surface area (Å²) < 4.78 is 0. The van der Waals surface area contributed by atoms with Gasteiger partial charge in [0.15, 0.2) is 0 Å². The molecule has 1 fully saturated rings. The third-order valence-corrected chi connectivity index (χ3v) is 3.79. The summed E-state index contributed by atoms with van der Waals surface area (Å²) in [5.41, 5.74) is 0.721. The SMILES string of the molecule is O=C(O)CN(C(=O)Nc1ccsc1)C1CCCC1. The van der Waals surface area contributed by atoms with E-state index in [1.807, 2.05) is 10.8 Å². The lowest BCUT2D eigenvalue weighted by molar-refractivity contribution is -0.138. The van der Waals surface area contributed by atoms with Crippen LogP contribution in [0.4, 0.5) is 10.5 Å². The predicted octanol–water partition coefficient (Wildman–Crippen LogP) is 2.61. The molecule has 2 rings (SSSR count). The standard InChI is InChI=1S/C12H16N2O3S/c15-11(16)7-14(10-3-1-2-4-10)12(17)13-9-5-6-18-8-9/h5-6,8,10H,1-4,7H2,(H,13,17)(H,15,16). The number of amides is 2. The first-order valence-corrected chi connectivity index (χ1v) is 6.92. The summed E-state index contributed by atoms with van der Waals surface area (Å²) in [7, 11) is 0. The summed E-state index contributed by atoms with van der Waals surface area (Å²) in [6.07, 6.45) is 3.91. The number of hydrogen-bond donors (Lipinski definition) is 2. The fourth-order valence-electron chi connectivity index (χ4n) is 2.26. The predicted molar refractivity (Wildman–Crippen MR) is 69.9 cm³/mol. The maximum Gasteiger partial charge on any atom is 0.323 e. The number of anilines is 1. The Morgan fingerprint density at radius 1 is 1.44 bits per heavy atom. The van der Waals surface area contributed by atoms with Crippen molar-refractivity contribution in [3.63, 3.8) is 0 Å². The number of nitrogens with zero attached hydrogens (tertiary/aromatic N) is 1. The lowest BCUT2D eigenvalue weighted by atomic mass is 10.2. The quantitative estimate of drug-likeness (QED) is 0.881. The van der Waals surface area contributed by atoms with Gasteiger partial charge in [-0.2, -0.15) is 11.3 Å². The Kier molecular flexibility index (Phi) is 4.19. The number of aliphatic carboxylic acids is 1. The smallest absolute Gasteiger partial charge is 0.323 e. The van der Waals surface area contributed by atoms with Crippen LogP contribution in [0.15, 0.2) is 16.8 Å². The van der Waals surface area contributed by atoms with Crippen molar-refractivity contribution in [3.8, 4) is 0 Å². The number of urea groups is 1. The van der Waals surface area contributed by atoms with Crippen LogP contribution in [0.2, 0.25) is 0 Å². The number of carbonyl (C=O) groups excluding carboxylic acids is 1. The van der Waals surface area contributed by atoms with E-state index in [9.17, 15) is 9.59 Å². The minimum atomic E-state index is -0.970. The Bertz CT molecular complexity index is 413. The van der Waals surface area contributed by atoms with Crippen LogP contribution in [0, 0.1) is 0 Å². The van der Waals surface area contributed by atoms with Crippen molar-refractivity contribution in [1.29, 1.82) is 0 Å². The van der Waals surface area contributed by atoms with Crippen molar-refractivity contribution in [2.45, 2.75) is 31.7 Å². The van der Waals surface area contributed by atoms with Gasteiger partial charge < -0.3 is 15.3 Å². The average molecular weight is 268 g/mol. The van der Waals surface area contributed by atoms with E-state index in [1.54, 1.807) is 6.07 Å². The molecule has 6 heteroatoms. The molecule has 1 heterocycles. The highest BCUT2D eigenvalue weighted by molar-refractivity contribution is 7.08. The van der Waals surface area contributed by atoms with Crippen LogP contribution in [0.3, 0.4) is 0 Å². The second-order valence-corrected chi connectivity index (χ2v) is 5.18. The normalized spacial score (nSPS) is 15.6. The first-order chi connectivity index (χ1) is 8.66. The molecule has 0 aromatic carbocycles. The second-order valence-electron chi connectivity index (χ2n) is 4.40. The fourth-order valence-corrected chi connectivity index (χ4v) is 2.85. The van der Waals surface area contributed by atoms with Crippen LogP contribution in [-0.4, -0.2) is 34.6 Å². The minimum Gasteiger partial charge on any atom is -0.480 e. The Morgan fingerprint density at radius 3 is 2.72 bits per heavy atom. The molecular weight excluding hydrogens is 252 g/mol. The molecule has 1 aliphatic carbocycles. The van der Waals surface area contributed by atoms with E-state index in [4.69, 9.17) is 5.11 Å². The molecule has 0 bridgehead atoms. The van der Waals surface area contributed by atoms with Crippen molar-refractivity contribution in [2.75, 3.05) is 11.9 Å². The molecule has 1 aliphatic rings. The van der Waals surface area contributed by atoms with Crippen molar-refractivity contribution in [2.24, 2.45) is 0 Å². The molecule has 1 saturated carbocycles. The molecule has 18 heavy (non-hydrogen) atoms. The van der Waals surface area contributed by atoms with Gasteiger partial charge in [0.05, 0.1) is 5.69 Å². The van der Waals surface area contributed by atoms with Gasteiger partial charge in [0.25, 0.3) is 0 Å². The molecule has 2 amide bonds. The zero-order chi connectivity index (χ0) is 13.0. The highest BCUT2D eigenvalue weighted by Crippen LogP contribution is 2.24. The van der Waals surface area contributed by atoms with E-state index in [1.165, 1.54) is 16.2 Å². The van der Waals surface area contributed by atoms with Gasteiger partial charge in [-0.1, -0.05) is 12.8 Å². The van der Waals surface area contributed by atoms with Crippen LogP contribution >= 0.6 is 11.3 Å². The highest BCUT2D eigenvalue weighted by Gasteiger charge is 2.28. The lowest BCUT2D eigenvalue weighted by Gasteiger charge is -2.27. The lowest BCUT2D eigenvalue weighted by Crippen LogP contribution is -2.44. The Morgan fingerprint density at radius 2 is 2.17 bits per heavy atom. The molecule has 98 valence electrons. The molecule has 0 aliphatic heterocycles. The molecule has 0 unspecified atom stereocenters. The fraction of sp³-hybridized carbons (Fsp3) is 0.500. The zero-order valence-electron chi connectivity index (χ0n) is 9.96. The summed E-state index contributed by atoms with van der Waals surface area (Å²) in [5, 5.41) is 15.3. The van der Waals surface area contributed by atoms with Gasteiger partial charge >= 0.3 is 12.0 Å². The van der Waals surface area contributed by atoms with Gasteiger partial charge in [0.2, 0.25) is 0 Å². The number of nitrogens with one attached hydrogen (secondary N) is 1. The summed E-state index contributed by atoms with van der Waals surface area (Å²) >= 11 is 1.49. The Balaban J connectivity index is 2.02. The molecular formula is C12H16N2O3S. The molecule has 2 N–H and O–H groups in total. The number of thiophene rings is 1. The van der Waals surface area contributed by atoms with Gasteiger partial charge in [0, 0.05) is 11.4 Å². The number of rotatable bonds is 4. The maximum absolute atomic E-state index is 12.1. The van der Waals surface area contributed by atoms with Crippen molar-refractivity contribution in [1.82, 2.24) is 4.90 Å². The molecule has 0 saturated heterocycles. The van der Waals surface area contributed by atoms with Crippen LogP contribution < -0.4 is 5.32 Å². The molecule has 0 spiro atoms. The van der Waals surface area contributed by atoms with Crippen LogP contribution in [-0.2, 0) is 4.79 Å². The van der Waals surface area contributed by atoms with Crippen LogP contribution in [0.25, 0.3) is 0 Å². The number of carboxylic acids is 1. The molecule has 1 aromatic heterocycles. The van der Waals surface area contributed by atoms with E-state index in [0.29, 0.717) is 0 Å². The molecule has 0 atom stereocenters. The number of hydrogen-bond acceptors (Lipinski definition) is 3. The summed E-state index contributed by atoms with van der Waals surface area (Å²) in [6.45, 7) is -0.235. The highest BCUT2D eigenvalue weighted by atomic mass is 32.1. The Hall–Kier alpha value is -1.56. The number of carboxylic acid groups (broad SMARTS) is 1. The topological polar surface area (TPSA) is 69.6 Å². The maximum atomic E-state index is 12.1. The van der Waals surface area contributed by atoms with Crippen molar-refractivity contribution < 1.29 is 14.7 Å². The monoisotopic (exact) mass is 268 g/mol. The van der Waals surface area contributed by atoms with E-state index in [2.05, 4.69) is 5.32 Å². The van der Waals surface area contributed by atoms with E-state index in [-0.39, 0.29) is 18.6 Å². The molecule has 0 radical (unpaired) electrons. The van der Waals surface area contributed by atoms with Crippen LogP contribution in [0.5, 0.6) is 0 Å². The first-order valence-electron chi connectivity index (χ1n) is 5.98. The molecule has 1 aromatic rings. The van der Waals surface area contributed by atoms with Gasteiger partial charge in [-0.15, -0.1) is 0 Å². The van der Waals surface area contributed by atoms with Crippen molar-refractivity contribution >= 4 is 29.0 Å². The third kappa shape index (κ3) is 3.22. The van der Waals surface area contributed by atoms with Gasteiger partial charge in [-0.3, -0.25) is 4.79 Å². The third-order valence-electron chi connectivity index (χ3n) is 3.10. The van der Waals surface area contributed by atoms with E-state index >= 15 is 0 Å². The average Bonchev–Trinajstić information content (AvgIpc) is 2.97. The molecule has 5 nitrogen and oxygen atoms in total. The van der Waals surface area contributed by atoms with Crippen LogP contribution in [0.1, 0.15) is 25.7 Å². The van der Waals surface area contributed by atoms with Gasteiger partial charge in [0.1, 0.15) is 6.54 Å². The summed E-state index contributed by atoms with van der Waals surface area (Å²) in [5.74, 6) is -0.970. The van der Waals surface area contributed by atoms with Gasteiger partial charge in [-0.25, -0.2) is 4.79 Å². The first kappa shape index (κ1) is 12.9. The summed E-state index contributed by atoms with van der Waals surface area (Å²) in [4.78, 5) is 24.4. The second kappa shape index (κ2) is 5.86. The van der Waals surface area contributed by atoms with E-state index < -0.39 is 5.97 Å². The van der Waals surface area contributed by atoms with Gasteiger partial charge in [-0.05, 0) is 24.3 Å². The minimum absolute atomic E-state index is 0.0553. The number of carbonyl (C=O) groups is 2. The zero-order valence-corrected chi connectivity index (χ0v) is 10.8.